The first-order valence-electron chi connectivity index (χ1n) is 13.5. The van der Waals surface area contributed by atoms with Gasteiger partial charge in [0.1, 0.15) is 0 Å². The van der Waals surface area contributed by atoms with Gasteiger partial charge in [-0.3, -0.25) is 4.79 Å². The van der Waals surface area contributed by atoms with E-state index in [1.165, 1.54) is 29.7 Å². The summed E-state index contributed by atoms with van der Waals surface area (Å²) in [6.07, 6.45) is 15.0. The molecule has 1 saturated carbocycles. The molecular formula is C33H49N3O2. The molecule has 2 rings (SSSR count). The van der Waals surface area contributed by atoms with E-state index in [0.29, 0.717) is 23.5 Å². The SMILES string of the molecule is C=C/C=C\c1c(C)cn(C2(CN(C)/C=C(/CC(=O)OCC(C)(C)C)C(=C)C(=C)C(=C)NC)CCCC2)c1C. The van der Waals surface area contributed by atoms with Crippen molar-refractivity contribution in [3.8, 4) is 0 Å². The van der Waals surface area contributed by atoms with E-state index in [1.54, 1.807) is 7.05 Å². The van der Waals surface area contributed by atoms with E-state index < -0.39 is 0 Å². The standard InChI is InChI=1S/C33H49N3O2/c1-12-13-16-30-24(2)20-36(28(30)6)33(17-14-15-18-33)22-35(11)21-29(26(4)25(3)27(5)34-10)19-31(37)38-23-32(7,8)9/h12-13,16,20-21,34H,1,3-5,14-15,17-19,22-23H2,2,6-11H3/b16-13-,29-21-. The van der Waals surface area contributed by atoms with Crippen molar-refractivity contribution in [2.24, 2.45) is 5.41 Å². The minimum atomic E-state index is -0.269. The Bertz CT molecular complexity index is 1120. The highest BCUT2D eigenvalue weighted by molar-refractivity contribution is 5.75. The summed E-state index contributed by atoms with van der Waals surface area (Å²) in [7, 11) is 3.88. The third kappa shape index (κ3) is 7.89. The smallest absolute Gasteiger partial charge is 0.310 e. The Kier molecular flexibility index (Phi) is 10.6. The molecule has 1 aliphatic carbocycles. The quantitative estimate of drug-likeness (QED) is 0.221. The second kappa shape index (κ2) is 13.0. The highest BCUT2D eigenvalue weighted by Crippen LogP contribution is 2.40. The van der Waals surface area contributed by atoms with Crippen LogP contribution in [0.15, 0.2) is 73.3 Å². The zero-order chi connectivity index (χ0) is 28.7. The summed E-state index contributed by atoms with van der Waals surface area (Å²) in [6.45, 7) is 28.0. The number of rotatable bonds is 13. The van der Waals surface area contributed by atoms with Gasteiger partial charge in [0.25, 0.3) is 0 Å². The maximum atomic E-state index is 12.8. The number of ether oxygens (including phenoxy) is 1. The van der Waals surface area contributed by atoms with Crippen molar-refractivity contribution in [2.75, 3.05) is 27.2 Å². The van der Waals surface area contributed by atoms with Crippen LogP contribution in [-0.4, -0.2) is 42.7 Å². The van der Waals surface area contributed by atoms with E-state index in [0.717, 1.165) is 25.0 Å². The molecule has 38 heavy (non-hydrogen) atoms. The Hall–Kier alpha value is -3.21. The number of aromatic nitrogens is 1. The van der Waals surface area contributed by atoms with Crippen molar-refractivity contribution in [3.63, 3.8) is 0 Å². The van der Waals surface area contributed by atoms with Crippen molar-refractivity contribution in [1.29, 1.82) is 0 Å². The first-order valence-corrected chi connectivity index (χ1v) is 13.5. The maximum absolute atomic E-state index is 12.8. The summed E-state index contributed by atoms with van der Waals surface area (Å²) in [5.74, 6) is -0.269. The second-order valence-corrected chi connectivity index (χ2v) is 11.9. The number of likely N-dealkylation sites (N-methyl/N-ethyl adjacent to an activating group) is 2. The summed E-state index contributed by atoms with van der Waals surface area (Å²) in [4.78, 5) is 15.0. The average molecular weight is 520 g/mol. The van der Waals surface area contributed by atoms with Crippen molar-refractivity contribution in [2.45, 2.75) is 72.3 Å². The molecule has 0 unspecified atom stereocenters. The topological polar surface area (TPSA) is 46.5 Å². The number of carbonyl (C=O) groups excluding carboxylic acids is 1. The summed E-state index contributed by atoms with van der Waals surface area (Å²) in [5.41, 5.74) is 6.51. The molecule has 0 amide bonds. The Morgan fingerprint density at radius 2 is 1.82 bits per heavy atom. The van der Waals surface area contributed by atoms with Crippen molar-refractivity contribution >= 4 is 12.0 Å². The second-order valence-electron chi connectivity index (χ2n) is 11.9. The lowest BCUT2D eigenvalue weighted by Gasteiger charge is -2.37. The third-order valence-corrected chi connectivity index (χ3v) is 7.28. The number of hydrogen-bond donors (Lipinski definition) is 1. The minimum absolute atomic E-state index is 0.0227. The van der Waals surface area contributed by atoms with Gasteiger partial charge in [0, 0.05) is 44.4 Å². The monoisotopic (exact) mass is 519 g/mol. The first kappa shape index (κ1) is 31.0. The predicted octanol–water partition coefficient (Wildman–Crippen LogP) is 7.21. The van der Waals surface area contributed by atoms with E-state index in [4.69, 9.17) is 4.74 Å². The Morgan fingerprint density at radius 3 is 2.37 bits per heavy atom. The third-order valence-electron chi connectivity index (χ3n) is 7.28. The van der Waals surface area contributed by atoms with Crippen LogP contribution in [-0.2, 0) is 15.1 Å². The Balaban J connectivity index is 2.40. The van der Waals surface area contributed by atoms with Crippen LogP contribution in [0.2, 0.25) is 0 Å². The van der Waals surface area contributed by atoms with Crippen LogP contribution in [0.5, 0.6) is 0 Å². The number of aryl methyl sites for hydroxylation is 1. The molecule has 0 aliphatic heterocycles. The predicted molar refractivity (Wildman–Crippen MR) is 162 cm³/mol. The molecular weight excluding hydrogens is 470 g/mol. The normalized spacial score (nSPS) is 15.4. The molecule has 0 atom stereocenters. The summed E-state index contributed by atoms with van der Waals surface area (Å²) in [5, 5.41) is 3.04. The molecule has 0 saturated heterocycles. The van der Waals surface area contributed by atoms with Gasteiger partial charge in [0.05, 0.1) is 18.6 Å². The largest absolute Gasteiger partial charge is 0.465 e. The van der Waals surface area contributed by atoms with Gasteiger partial charge < -0.3 is 19.5 Å². The van der Waals surface area contributed by atoms with Gasteiger partial charge in [-0.2, -0.15) is 0 Å². The van der Waals surface area contributed by atoms with E-state index in [2.05, 4.69) is 74.3 Å². The van der Waals surface area contributed by atoms with Crippen LogP contribution in [0.4, 0.5) is 0 Å². The van der Waals surface area contributed by atoms with Crippen molar-refractivity contribution < 1.29 is 9.53 Å². The summed E-state index contributed by atoms with van der Waals surface area (Å²) >= 11 is 0. The molecule has 0 bridgehead atoms. The fourth-order valence-electron chi connectivity index (χ4n) is 5.23. The van der Waals surface area contributed by atoms with Gasteiger partial charge in [0.2, 0.25) is 0 Å². The van der Waals surface area contributed by atoms with Gasteiger partial charge in [-0.15, -0.1) is 0 Å². The number of esters is 1. The zero-order valence-electron chi connectivity index (χ0n) is 24.9. The number of nitrogens with one attached hydrogen (secondary N) is 1. The lowest BCUT2D eigenvalue weighted by Crippen LogP contribution is -2.40. The van der Waals surface area contributed by atoms with Crippen molar-refractivity contribution in [1.82, 2.24) is 14.8 Å². The molecule has 1 aromatic rings. The fourth-order valence-corrected chi connectivity index (χ4v) is 5.23. The lowest BCUT2D eigenvalue weighted by atomic mass is 9.94. The summed E-state index contributed by atoms with van der Waals surface area (Å²) in [6, 6.07) is 0. The molecule has 0 radical (unpaired) electrons. The summed E-state index contributed by atoms with van der Waals surface area (Å²) < 4.78 is 8.08. The molecule has 1 fully saturated rings. The van der Waals surface area contributed by atoms with E-state index >= 15 is 0 Å². The van der Waals surface area contributed by atoms with Crippen molar-refractivity contribution in [3.05, 3.63) is 90.1 Å². The zero-order valence-corrected chi connectivity index (χ0v) is 24.9. The lowest BCUT2D eigenvalue weighted by molar-refractivity contribution is -0.145. The first-order chi connectivity index (χ1) is 17.7. The van der Waals surface area contributed by atoms with Crippen LogP contribution in [0.25, 0.3) is 6.08 Å². The van der Waals surface area contributed by atoms with Crippen LogP contribution in [0, 0.1) is 19.3 Å². The van der Waals surface area contributed by atoms with E-state index in [-0.39, 0.29) is 23.3 Å². The van der Waals surface area contributed by atoms with Gasteiger partial charge in [-0.25, -0.2) is 0 Å². The maximum Gasteiger partial charge on any atom is 0.310 e. The van der Waals surface area contributed by atoms with Gasteiger partial charge in [-0.1, -0.05) is 78.2 Å². The minimum Gasteiger partial charge on any atom is -0.465 e. The Labute approximate surface area is 231 Å². The fraction of sp³-hybridized carbons (Fsp3) is 0.485. The molecule has 1 heterocycles. The molecule has 1 aliphatic rings. The molecule has 1 aromatic heterocycles. The molecule has 5 heteroatoms. The molecule has 0 spiro atoms. The Morgan fingerprint density at radius 1 is 1.18 bits per heavy atom. The van der Waals surface area contributed by atoms with Gasteiger partial charge in [-0.05, 0) is 60.0 Å². The molecule has 1 N–H and O–H groups in total. The molecule has 0 aromatic carbocycles. The number of allylic oxidation sites excluding steroid dienone is 3. The number of carbonyl (C=O) groups is 1. The number of nitrogens with zero attached hydrogens (tertiary/aromatic N) is 2. The number of hydrogen-bond acceptors (Lipinski definition) is 4. The van der Waals surface area contributed by atoms with E-state index in [9.17, 15) is 4.79 Å². The van der Waals surface area contributed by atoms with Crippen LogP contribution in [0.1, 0.15) is 69.7 Å². The van der Waals surface area contributed by atoms with Crippen LogP contribution >= 0.6 is 0 Å². The molecule has 208 valence electrons. The van der Waals surface area contributed by atoms with Gasteiger partial charge >= 0.3 is 5.97 Å². The van der Waals surface area contributed by atoms with E-state index in [1.807, 2.05) is 39.1 Å². The molecule has 5 nitrogen and oxygen atoms in total. The van der Waals surface area contributed by atoms with Crippen LogP contribution in [0.3, 0.4) is 0 Å². The van der Waals surface area contributed by atoms with Crippen LogP contribution < -0.4 is 5.32 Å². The highest BCUT2D eigenvalue weighted by Gasteiger charge is 2.37. The van der Waals surface area contributed by atoms with Gasteiger partial charge in [0.15, 0.2) is 0 Å². The average Bonchev–Trinajstić information content (AvgIpc) is 3.43. The highest BCUT2D eigenvalue weighted by atomic mass is 16.5.